The van der Waals surface area contributed by atoms with Crippen LogP contribution in [0.15, 0.2) is 77.6 Å². The van der Waals surface area contributed by atoms with Gasteiger partial charge in [0.2, 0.25) is 0 Å². The highest BCUT2D eigenvalue weighted by Crippen LogP contribution is 2.41. The zero-order valence-corrected chi connectivity index (χ0v) is 22.7. The fourth-order valence-electron chi connectivity index (χ4n) is 5.84. The van der Waals surface area contributed by atoms with Crippen molar-refractivity contribution in [2.45, 2.75) is 12.3 Å². The quantitative estimate of drug-likeness (QED) is 0.285. The first-order valence-electron chi connectivity index (χ1n) is 13.7. The van der Waals surface area contributed by atoms with Gasteiger partial charge in [0.15, 0.2) is 0 Å². The molecule has 2 aromatic heterocycles. The second-order valence-corrected chi connectivity index (χ2v) is 10.3. The van der Waals surface area contributed by atoms with E-state index in [1.165, 1.54) is 16.7 Å². The van der Waals surface area contributed by atoms with Crippen LogP contribution >= 0.6 is 0 Å². The van der Waals surface area contributed by atoms with Crippen molar-refractivity contribution in [1.29, 1.82) is 0 Å². The fourth-order valence-corrected chi connectivity index (χ4v) is 5.84. The van der Waals surface area contributed by atoms with Gasteiger partial charge in [-0.15, -0.1) is 0 Å². The Bertz CT molecular complexity index is 1810. The highest BCUT2D eigenvalue weighted by molar-refractivity contribution is 5.88. The van der Waals surface area contributed by atoms with Crippen molar-refractivity contribution in [3.05, 3.63) is 111 Å². The van der Waals surface area contributed by atoms with Crippen molar-refractivity contribution < 1.29 is 19.0 Å². The van der Waals surface area contributed by atoms with Crippen molar-refractivity contribution in [1.82, 2.24) is 19.8 Å². The van der Waals surface area contributed by atoms with Crippen LogP contribution in [0.1, 0.15) is 28.3 Å². The van der Waals surface area contributed by atoms with E-state index < -0.39 is 11.7 Å². The van der Waals surface area contributed by atoms with Gasteiger partial charge in [-0.3, -0.25) is 4.79 Å². The Balaban J connectivity index is 1.50. The second-order valence-electron chi connectivity index (χ2n) is 10.3. The number of morpholine rings is 1. The molecule has 2 amide bonds. The molecule has 1 aliphatic heterocycles. The van der Waals surface area contributed by atoms with E-state index in [-0.39, 0.29) is 22.9 Å². The van der Waals surface area contributed by atoms with Gasteiger partial charge in [0.05, 0.1) is 30.2 Å². The molecule has 6 rings (SSSR count). The van der Waals surface area contributed by atoms with Gasteiger partial charge >= 0.3 is 6.03 Å². The van der Waals surface area contributed by atoms with E-state index >= 15 is 0 Å². The predicted octanol–water partition coefficient (Wildman–Crippen LogP) is 4.63. The number of halogens is 1. The number of H-pyrrole nitrogens is 1. The summed E-state index contributed by atoms with van der Waals surface area (Å²) < 4.78 is 21.5. The van der Waals surface area contributed by atoms with Crippen LogP contribution < -0.4 is 10.9 Å². The highest BCUT2D eigenvalue weighted by atomic mass is 19.1. The number of aromatic amines is 1. The van der Waals surface area contributed by atoms with Crippen LogP contribution in [-0.2, 0) is 18.2 Å². The third-order valence-corrected chi connectivity index (χ3v) is 7.87. The van der Waals surface area contributed by atoms with Crippen LogP contribution in [-0.4, -0.2) is 58.4 Å². The molecular formula is C32H31FN4O4. The second kappa shape index (κ2) is 11.1. The van der Waals surface area contributed by atoms with Gasteiger partial charge in [0.25, 0.3) is 5.56 Å². The van der Waals surface area contributed by atoms with E-state index in [1.807, 2.05) is 30.3 Å². The first-order chi connectivity index (χ1) is 19.9. The zero-order valence-electron chi connectivity index (χ0n) is 22.7. The highest BCUT2D eigenvalue weighted by Gasteiger charge is 2.30. The van der Waals surface area contributed by atoms with Gasteiger partial charge in [-0.2, -0.15) is 0 Å². The molecule has 1 aliphatic rings. The summed E-state index contributed by atoms with van der Waals surface area (Å²) in [5.74, 6) is -1.38. The molecule has 1 fully saturated rings. The number of carbonyl (C=O) groups excluding carboxylic acids is 1. The van der Waals surface area contributed by atoms with Gasteiger partial charge in [-0.05, 0) is 47.9 Å². The lowest BCUT2D eigenvalue weighted by molar-refractivity contribution is 0.0533. The number of amides is 2. The molecule has 0 spiro atoms. The molecule has 210 valence electrons. The number of rotatable bonds is 6. The Morgan fingerprint density at radius 2 is 1.78 bits per heavy atom. The third kappa shape index (κ3) is 4.93. The van der Waals surface area contributed by atoms with E-state index in [1.54, 1.807) is 42.3 Å². The van der Waals surface area contributed by atoms with Gasteiger partial charge in [0.1, 0.15) is 11.6 Å². The standard InChI is InChI=1S/C32H31FN4O4/c1-36-26-12-5-3-10-24(26)30(38)28(31(36)39)27(20-7-6-8-21(33)19-20)29-23(22-9-2-4-11-25(22)35-29)13-14-34-32(40)37-15-17-41-18-16-37/h2-12,19,27,35,38H,13-18H2,1H3,(H,34,40). The SMILES string of the molecule is Cn1c(=O)c(C(c2cccc(F)c2)c2[nH]c3ccccc3c2CCNC(=O)N2CCOCC2)c(O)c2ccccc21. The fraction of sp³-hybridized carbons (Fsp3) is 0.250. The molecule has 41 heavy (non-hydrogen) atoms. The molecule has 3 aromatic carbocycles. The van der Waals surface area contributed by atoms with Crippen molar-refractivity contribution in [3.63, 3.8) is 0 Å². The van der Waals surface area contributed by atoms with Crippen LogP contribution in [0.5, 0.6) is 5.75 Å². The Kier molecular flexibility index (Phi) is 7.19. The predicted molar refractivity (Wildman–Crippen MR) is 156 cm³/mol. The van der Waals surface area contributed by atoms with E-state index in [9.17, 15) is 19.1 Å². The maximum atomic E-state index is 14.6. The number of aromatic hydroxyl groups is 1. The maximum absolute atomic E-state index is 14.6. The van der Waals surface area contributed by atoms with Crippen LogP contribution in [0.4, 0.5) is 9.18 Å². The van der Waals surface area contributed by atoms with E-state index in [0.717, 1.165) is 16.5 Å². The smallest absolute Gasteiger partial charge is 0.317 e. The summed E-state index contributed by atoms with van der Waals surface area (Å²) in [6.45, 7) is 2.45. The number of carbonyl (C=O) groups is 1. The number of hydrogen-bond acceptors (Lipinski definition) is 4. The molecule has 8 nitrogen and oxygen atoms in total. The van der Waals surface area contributed by atoms with Crippen LogP contribution in [0.25, 0.3) is 21.8 Å². The normalized spacial score (nSPS) is 14.4. The van der Waals surface area contributed by atoms with Crippen molar-refractivity contribution >= 4 is 27.8 Å². The third-order valence-electron chi connectivity index (χ3n) is 7.87. The number of fused-ring (bicyclic) bond motifs is 2. The largest absolute Gasteiger partial charge is 0.507 e. The molecule has 1 saturated heterocycles. The summed E-state index contributed by atoms with van der Waals surface area (Å²) in [6, 6.07) is 20.9. The number of aromatic nitrogens is 2. The van der Waals surface area contributed by atoms with Crippen molar-refractivity contribution in [2.75, 3.05) is 32.8 Å². The minimum atomic E-state index is -0.800. The monoisotopic (exact) mass is 554 g/mol. The number of aryl methyl sites for hydroxylation is 1. The Labute approximate surface area is 236 Å². The summed E-state index contributed by atoms with van der Waals surface area (Å²) in [5.41, 5.74) is 3.29. The van der Waals surface area contributed by atoms with E-state index in [0.29, 0.717) is 61.4 Å². The molecule has 0 saturated carbocycles. The number of hydrogen-bond donors (Lipinski definition) is 3. The van der Waals surface area contributed by atoms with Gasteiger partial charge in [-0.25, -0.2) is 9.18 Å². The molecule has 3 N–H and O–H groups in total. The number of ether oxygens (including phenoxy) is 1. The summed E-state index contributed by atoms with van der Waals surface area (Å²) in [6.07, 6.45) is 0.454. The Morgan fingerprint density at radius 1 is 1.05 bits per heavy atom. The average Bonchev–Trinajstić information content (AvgIpc) is 3.36. The number of nitrogens with one attached hydrogen (secondary N) is 2. The van der Waals surface area contributed by atoms with Gasteiger partial charge < -0.3 is 29.6 Å². The minimum absolute atomic E-state index is 0.136. The van der Waals surface area contributed by atoms with Crippen LogP contribution in [0.3, 0.4) is 0 Å². The minimum Gasteiger partial charge on any atom is -0.507 e. The summed E-state index contributed by atoms with van der Waals surface area (Å²) in [5, 5.41) is 16.1. The Hall–Kier alpha value is -4.63. The topological polar surface area (TPSA) is 99.6 Å². The Morgan fingerprint density at radius 3 is 2.56 bits per heavy atom. The van der Waals surface area contributed by atoms with Crippen LogP contribution in [0.2, 0.25) is 0 Å². The van der Waals surface area contributed by atoms with Crippen LogP contribution in [0, 0.1) is 5.82 Å². The van der Waals surface area contributed by atoms with E-state index in [2.05, 4.69) is 10.3 Å². The lowest BCUT2D eigenvalue weighted by atomic mass is 9.85. The number of pyridine rings is 1. The first kappa shape index (κ1) is 26.6. The molecule has 0 bridgehead atoms. The molecule has 3 heterocycles. The average molecular weight is 555 g/mol. The summed E-state index contributed by atoms with van der Waals surface area (Å²) >= 11 is 0. The maximum Gasteiger partial charge on any atom is 0.317 e. The first-order valence-corrected chi connectivity index (χ1v) is 13.7. The molecule has 1 unspecified atom stereocenters. The number of nitrogens with zero attached hydrogens (tertiary/aromatic N) is 2. The van der Waals surface area contributed by atoms with Gasteiger partial charge in [0, 0.05) is 48.7 Å². The van der Waals surface area contributed by atoms with Crippen molar-refractivity contribution in [3.8, 4) is 5.75 Å². The molecule has 0 aliphatic carbocycles. The molecule has 5 aromatic rings. The molecule has 1 atom stereocenters. The van der Waals surface area contributed by atoms with Gasteiger partial charge in [-0.1, -0.05) is 42.5 Å². The summed E-state index contributed by atoms with van der Waals surface area (Å²) in [7, 11) is 1.67. The number of para-hydroxylation sites is 2. The molecule has 0 radical (unpaired) electrons. The molecule has 9 heteroatoms. The summed E-state index contributed by atoms with van der Waals surface area (Å²) in [4.78, 5) is 31.9. The zero-order chi connectivity index (χ0) is 28.5. The number of benzene rings is 3. The van der Waals surface area contributed by atoms with E-state index in [4.69, 9.17) is 4.74 Å². The lowest BCUT2D eigenvalue weighted by Crippen LogP contribution is -2.46. The lowest BCUT2D eigenvalue weighted by Gasteiger charge is -2.27. The molecular weight excluding hydrogens is 523 g/mol. The van der Waals surface area contributed by atoms with Crippen molar-refractivity contribution in [2.24, 2.45) is 7.05 Å². The number of urea groups is 1.